The van der Waals surface area contributed by atoms with Crippen LogP contribution in [0.5, 0.6) is 5.75 Å². The molecule has 0 fully saturated rings. The number of carbonyl (C=O) groups excluding carboxylic acids is 2. The molecule has 0 spiro atoms. The Hall–Kier alpha value is -3.85. The summed E-state index contributed by atoms with van der Waals surface area (Å²) in [4.78, 5) is 28.5. The molecule has 0 saturated carbocycles. The van der Waals surface area contributed by atoms with E-state index in [0.717, 1.165) is 15.4 Å². The minimum atomic E-state index is -4.11. The second-order valence-electron chi connectivity index (χ2n) is 9.83. The van der Waals surface area contributed by atoms with Gasteiger partial charge in [0.25, 0.3) is 10.0 Å². The van der Waals surface area contributed by atoms with Crippen LogP contribution < -0.4 is 14.4 Å². The maximum Gasteiger partial charge on any atom is 0.264 e. The molecule has 1 N–H and O–H groups in total. The Morgan fingerprint density at radius 3 is 2.26 bits per heavy atom. The second kappa shape index (κ2) is 12.8. The van der Waals surface area contributed by atoms with Crippen molar-refractivity contribution in [2.24, 2.45) is 0 Å². The summed E-state index contributed by atoms with van der Waals surface area (Å²) in [6.45, 7) is 8.61. The van der Waals surface area contributed by atoms with Crippen molar-refractivity contribution in [1.29, 1.82) is 0 Å². The highest BCUT2D eigenvalue weighted by Gasteiger charge is 2.33. The van der Waals surface area contributed by atoms with Crippen molar-refractivity contribution in [2.45, 2.75) is 58.1 Å². The van der Waals surface area contributed by atoms with E-state index in [4.69, 9.17) is 4.74 Å². The van der Waals surface area contributed by atoms with E-state index in [1.54, 1.807) is 63.4 Å². The number of hydrogen-bond donors (Lipinski definition) is 1. The number of rotatable bonds is 11. The SMILES string of the molecule is COc1cccc(CN(C(=O)CN(c2cc(C)ccc2C)S(=O)(=O)c2ccccc2)C(C)C(=O)NC(C)C)c1. The van der Waals surface area contributed by atoms with Crippen LogP contribution in [0.4, 0.5) is 5.69 Å². The van der Waals surface area contributed by atoms with Crippen LogP contribution in [0.3, 0.4) is 0 Å². The van der Waals surface area contributed by atoms with Gasteiger partial charge in [-0.15, -0.1) is 0 Å². The normalized spacial score (nSPS) is 12.1. The standard InChI is InChI=1S/C30H37N3O5S/c1-21(2)31-30(35)24(5)32(19-25-11-10-12-26(18-25)38-6)29(34)20-33(28-17-22(3)15-16-23(28)4)39(36,37)27-13-8-7-9-14-27/h7-18,21,24H,19-20H2,1-6H3,(H,31,35). The van der Waals surface area contributed by atoms with Crippen molar-refractivity contribution >= 4 is 27.5 Å². The van der Waals surface area contributed by atoms with Gasteiger partial charge < -0.3 is 15.0 Å². The molecule has 8 nitrogen and oxygen atoms in total. The number of anilines is 1. The fraction of sp³-hybridized carbons (Fsp3) is 0.333. The van der Waals surface area contributed by atoms with Gasteiger partial charge in [-0.1, -0.05) is 42.5 Å². The molecule has 0 aromatic heterocycles. The molecule has 3 aromatic rings. The fourth-order valence-electron chi connectivity index (χ4n) is 4.18. The van der Waals surface area contributed by atoms with E-state index in [-0.39, 0.29) is 23.4 Å². The monoisotopic (exact) mass is 551 g/mol. The highest BCUT2D eigenvalue weighted by atomic mass is 32.2. The maximum atomic E-state index is 14.0. The molecule has 0 radical (unpaired) electrons. The van der Waals surface area contributed by atoms with Crippen LogP contribution in [-0.2, 0) is 26.2 Å². The number of carbonyl (C=O) groups is 2. The zero-order chi connectivity index (χ0) is 28.7. The third-order valence-corrected chi connectivity index (χ3v) is 8.10. The lowest BCUT2D eigenvalue weighted by molar-refractivity contribution is -0.139. The predicted molar refractivity (Wildman–Crippen MR) is 153 cm³/mol. The zero-order valence-corrected chi connectivity index (χ0v) is 24.2. The smallest absolute Gasteiger partial charge is 0.264 e. The average molecular weight is 552 g/mol. The number of nitrogens with zero attached hydrogens (tertiary/aromatic N) is 2. The molecule has 9 heteroatoms. The molecule has 0 heterocycles. The number of methoxy groups -OCH3 is 1. The first-order chi connectivity index (χ1) is 18.4. The van der Waals surface area contributed by atoms with Gasteiger partial charge in [0.15, 0.2) is 0 Å². The third-order valence-electron chi connectivity index (χ3n) is 6.33. The van der Waals surface area contributed by atoms with Gasteiger partial charge in [-0.3, -0.25) is 13.9 Å². The number of hydrogen-bond acceptors (Lipinski definition) is 5. The van der Waals surface area contributed by atoms with Crippen molar-refractivity contribution in [3.8, 4) is 5.75 Å². The number of benzene rings is 3. The first-order valence-corrected chi connectivity index (χ1v) is 14.3. The van der Waals surface area contributed by atoms with Crippen LogP contribution in [0.2, 0.25) is 0 Å². The van der Waals surface area contributed by atoms with Crippen molar-refractivity contribution in [3.63, 3.8) is 0 Å². The number of amides is 2. The fourth-order valence-corrected chi connectivity index (χ4v) is 5.67. The van der Waals surface area contributed by atoms with Crippen LogP contribution in [0.1, 0.15) is 37.5 Å². The zero-order valence-electron chi connectivity index (χ0n) is 23.3. The molecule has 39 heavy (non-hydrogen) atoms. The third kappa shape index (κ3) is 7.38. The quantitative estimate of drug-likeness (QED) is 0.380. The summed E-state index contributed by atoms with van der Waals surface area (Å²) in [5, 5.41) is 2.85. The van der Waals surface area contributed by atoms with Gasteiger partial charge in [0, 0.05) is 12.6 Å². The minimum absolute atomic E-state index is 0.0728. The molecule has 1 atom stereocenters. The molecule has 2 amide bonds. The van der Waals surface area contributed by atoms with Crippen LogP contribution >= 0.6 is 0 Å². The number of nitrogens with one attached hydrogen (secondary N) is 1. The Balaban J connectivity index is 2.07. The summed E-state index contributed by atoms with van der Waals surface area (Å²) < 4.78 is 34.3. The van der Waals surface area contributed by atoms with Gasteiger partial charge in [0.05, 0.1) is 17.7 Å². The molecule has 0 aliphatic heterocycles. The van der Waals surface area contributed by atoms with E-state index >= 15 is 0 Å². The molecular weight excluding hydrogens is 514 g/mol. The molecular formula is C30H37N3O5S. The molecule has 0 aliphatic rings. The van der Waals surface area contributed by atoms with E-state index in [9.17, 15) is 18.0 Å². The molecule has 0 bridgehead atoms. The van der Waals surface area contributed by atoms with Gasteiger partial charge in [-0.05, 0) is 81.6 Å². The second-order valence-corrected chi connectivity index (χ2v) is 11.7. The molecule has 3 aromatic carbocycles. The molecule has 0 saturated heterocycles. The molecule has 0 aliphatic carbocycles. The van der Waals surface area contributed by atoms with Crippen LogP contribution in [0.25, 0.3) is 0 Å². The van der Waals surface area contributed by atoms with Gasteiger partial charge in [-0.2, -0.15) is 0 Å². The molecule has 1 unspecified atom stereocenters. The summed E-state index contributed by atoms with van der Waals surface area (Å²) in [6, 6.07) is 19.7. The van der Waals surface area contributed by atoms with E-state index in [0.29, 0.717) is 17.0 Å². The first-order valence-electron chi connectivity index (χ1n) is 12.8. The Kier molecular flexibility index (Phi) is 9.75. The highest BCUT2D eigenvalue weighted by Crippen LogP contribution is 2.28. The Labute approximate surface area is 231 Å². The van der Waals surface area contributed by atoms with Crippen LogP contribution in [-0.4, -0.2) is 50.9 Å². The summed E-state index contributed by atoms with van der Waals surface area (Å²) in [5.41, 5.74) is 2.72. The Morgan fingerprint density at radius 1 is 0.923 bits per heavy atom. The number of ether oxygens (including phenoxy) is 1. The first kappa shape index (κ1) is 29.7. The van der Waals surface area contributed by atoms with Gasteiger partial charge in [0.1, 0.15) is 18.3 Å². The lowest BCUT2D eigenvalue weighted by Gasteiger charge is -2.33. The van der Waals surface area contributed by atoms with E-state index in [1.807, 2.05) is 39.0 Å². The van der Waals surface area contributed by atoms with Crippen molar-refractivity contribution < 1.29 is 22.7 Å². The maximum absolute atomic E-state index is 14.0. The van der Waals surface area contributed by atoms with E-state index in [1.165, 1.54) is 17.0 Å². The number of sulfonamides is 1. The lowest BCUT2D eigenvalue weighted by atomic mass is 10.1. The van der Waals surface area contributed by atoms with Crippen molar-refractivity contribution in [3.05, 3.63) is 89.5 Å². The largest absolute Gasteiger partial charge is 0.497 e. The summed E-state index contributed by atoms with van der Waals surface area (Å²) in [5.74, 6) is -0.224. The Morgan fingerprint density at radius 2 is 1.62 bits per heavy atom. The number of aryl methyl sites for hydroxylation is 2. The average Bonchev–Trinajstić information content (AvgIpc) is 2.91. The molecule has 208 valence electrons. The highest BCUT2D eigenvalue weighted by molar-refractivity contribution is 7.92. The van der Waals surface area contributed by atoms with Gasteiger partial charge in [-0.25, -0.2) is 8.42 Å². The lowest BCUT2D eigenvalue weighted by Crippen LogP contribution is -2.52. The van der Waals surface area contributed by atoms with E-state index in [2.05, 4.69) is 5.32 Å². The topological polar surface area (TPSA) is 96.0 Å². The van der Waals surface area contributed by atoms with Gasteiger partial charge >= 0.3 is 0 Å². The summed E-state index contributed by atoms with van der Waals surface area (Å²) >= 11 is 0. The predicted octanol–water partition coefficient (Wildman–Crippen LogP) is 4.45. The van der Waals surface area contributed by atoms with Crippen molar-refractivity contribution in [2.75, 3.05) is 18.0 Å². The Bertz CT molecular complexity index is 1410. The van der Waals surface area contributed by atoms with E-state index < -0.39 is 28.5 Å². The summed E-state index contributed by atoms with van der Waals surface area (Å²) in [6.07, 6.45) is 0. The van der Waals surface area contributed by atoms with Crippen LogP contribution in [0.15, 0.2) is 77.7 Å². The summed E-state index contributed by atoms with van der Waals surface area (Å²) in [7, 11) is -2.55. The van der Waals surface area contributed by atoms with Crippen LogP contribution in [0, 0.1) is 13.8 Å². The van der Waals surface area contributed by atoms with Gasteiger partial charge in [0.2, 0.25) is 11.8 Å². The van der Waals surface area contributed by atoms with Crippen molar-refractivity contribution in [1.82, 2.24) is 10.2 Å². The molecule has 3 rings (SSSR count). The minimum Gasteiger partial charge on any atom is -0.497 e.